The van der Waals surface area contributed by atoms with Gasteiger partial charge in [0, 0.05) is 11.5 Å². The Kier molecular flexibility index (Phi) is 2.51. The molecule has 1 aromatic rings. The van der Waals surface area contributed by atoms with Crippen LogP contribution in [-0.2, 0) is 5.41 Å². The zero-order valence-corrected chi connectivity index (χ0v) is 9.86. The first kappa shape index (κ1) is 10.3. The maximum Gasteiger partial charge on any atom is 0.0149 e. The Balaban J connectivity index is 1.89. The highest BCUT2D eigenvalue weighted by Gasteiger charge is 2.57. The molecule has 2 saturated carbocycles. The molecule has 2 N–H and O–H groups in total. The molecule has 2 atom stereocenters. The molecule has 1 heteroatoms. The van der Waals surface area contributed by atoms with Gasteiger partial charge in [0.15, 0.2) is 0 Å². The van der Waals surface area contributed by atoms with Gasteiger partial charge in [-0.3, -0.25) is 0 Å². The fraction of sp³-hybridized carbons (Fsp3) is 0.600. The molecular weight excluding hydrogens is 194 g/mol. The van der Waals surface area contributed by atoms with Gasteiger partial charge in [-0.05, 0) is 30.7 Å². The molecule has 2 aliphatic carbocycles. The maximum absolute atomic E-state index is 6.26. The molecule has 1 unspecified atom stereocenters. The van der Waals surface area contributed by atoms with Crippen LogP contribution in [0.1, 0.15) is 44.1 Å². The van der Waals surface area contributed by atoms with Crippen LogP contribution < -0.4 is 5.73 Å². The second-order valence-corrected chi connectivity index (χ2v) is 5.55. The SMILES string of the molecule is N[C@@H]1CC1(c1ccccc1)C1CCCCC1. The van der Waals surface area contributed by atoms with Crippen LogP contribution in [0.25, 0.3) is 0 Å². The van der Waals surface area contributed by atoms with Gasteiger partial charge in [-0.25, -0.2) is 0 Å². The molecule has 16 heavy (non-hydrogen) atoms. The average molecular weight is 215 g/mol. The Labute approximate surface area is 98.0 Å². The van der Waals surface area contributed by atoms with Crippen LogP contribution in [0.4, 0.5) is 0 Å². The Morgan fingerprint density at radius 2 is 1.62 bits per heavy atom. The summed E-state index contributed by atoms with van der Waals surface area (Å²) < 4.78 is 0. The molecule has 0 aromatic heterocycles. The van der Waals surface area contributed by atoms with Gasteiger partial charge in [-0.2, -0.15) is 0 Å². The molecule has 0 spiro atoms. The van der Waals surface area contributed by atoms with Gasteiger partial charge in [0.1, 0.15) is 0 Å². The monoisotopic (exact) mass is 215 g/mol. The van der Waals surface area contributed by atoms with Crippen molar-refractivity contribution < 1.29 is 0 Å². The third-order valence-corrected chi connectivity index (χ3v) is 4.70. The summed E-state index contributed by atoms with van der Waals surface area (Å²) in [5.74, 6) is 0.846. The van der Waals surface area contributed by atoms with Crippen molar-refractivity contribution in [2.24, 2.45) is 11.7 Å². The van der Waals surface area contributed by atoms with E-state index >= 15 is 0 Å². The van der Waals surface area contributed by atoms with Crippen LogP contribution in [0.15, 0.2) is 30.3 Å². The van der Waals surface area contributed by atoms with Crippen molar-refractivity contribution in [1.82, 2.24) is 0 Å². The minimum absolute atomic E-state index is 0.349. The van der Waals surface area contributed by atoms with E-state index in [1.165, 1.54) is 44.1 Å². The predicted molar refractivity (Wildman–Crippen MR) is 67.3 cm³/mol. The highest BCUT2D eigenvalue weighted by molar-refractivity contribution is 5.37. The zero-order chi connectivity index (χ0) is 11.0. The van der Waals surface area contributed by atoms with E-state index < -0.39 is 0 Å². The van der Waals surface area contributed by atoms with E-state index in [9.17, 15) is 0 Å². The number of benzene rings is 1. The summed E-state index contributed by atoms with van der Waals surface area (Å²) >= 11 is 0. The van der Waals surface area contributed by atoms with E-state index in [1.54, 1.807) is 0 Å². The van der Waals surface area contributed by atoms with Gasteiger partial charge in [0.25, 0.3) is 0 Å². The van der Waals surface area contributed by atoms with Crippen LogP contribution in [0, 0.1) is 5.92 Å². The smallest absolute Gasteiger partial charge is 0.0149 e. The van der Waals surface area contributed by atoms with Crippen molar-refractivity contribution in [1.29, 1.82) is 0 Å². The third kappa shape index (κ3) is 1.49. The molecular formula is C15H21N. The summed E-state index contributed by atoms with van der Waals surface area (Å²) in [6.07, 6.45) is 8.24. The molecule has 2 aliphatic rings. The number of rotatable bonds is 2. The quantitative estimate of drug-likeness (QED) is 0.805. The van der Waals surface area contributed by atoms with E-state index in [0.717, 1.165) is 5.92 Å². The van der Waals surface area contributed by atoms with Gasteiger partial charge in [-0.15, -0.1) is 0 Å². The largest absolute Gasteiger partial charge is 0.327 e. The standard InChI is InChI=1S/C15H21N/c16-14-11-15(14,12-7-3-1-4-8-12)13-9-5-2-6-10-13/h1,3-4,7-8,13-14H,2,5-6,9-11,16H2/t14-,15?/m1/s1. The van der Waals surface area contributed by atoms with Gasteiger partial charge >= 0.3 is 0 Å². The minimum Gasteiger partial charge on any atom is -0.327 e. The summed E-state index contributed by atoms with van der Waals surface area (Å²) in [6, 6.07) is 11.4. The first-order valence-corrected chi connectivity index (χ1v) is 6.65. The van der Waals surface area contributed by atoms with Crippen molar-refractivity contribution in [3.05, 3.63) is 35.9 Å². The zero-order valence-electron chi connectivity index (χ0n) is 9.86. The van der Waals surface area contributed by atoms with Crippen molar-refractivity contribution in [3.8, 4) is 0 Å². The molecule has 0 radical (unpaired) electrons. The Bertz CT molecular complexity index is 353. The van der Waals surface area contributed by atoms with Crippen LogP contribution in [0.5, 0.6) is 0 Å². The van der Waals surface area contributed by atoms with Crippen molar-refractivity contribution in [2.75, 3.05) is 0 Å². The molecule has 0 heterocycles. The lowest BCUT2D eigenvalue weighted by Gasteiger charge is -2.31. The minimum atomic E-state index is 0.349. The molecule has 1 aromatic carbocycles. The van der Waals surface area contributed by atoms with Crippen LogP contribution in [0.2, 0.25) is 0 Å². The fourth-order valence-electron chi connectivity index (χ4n) is 3.71. The number of hydrogen-bond acceptors (Lipinski definition) is 1. The number of nitrogens with two attached hydrogens (primary N) is 1. The van der Waals surface area contributed by atoms with E-state index in [-0.39, 0.29) is 0 Å². The summed E-state index contributed by atoms with van der Waals surface area (Å²) in [5.41, 5.74) is 8.11. The summed E-state index contributed by atoms with van der Waals surface area (Å²) in [5, 5.41) is 0. The molecule has 0 bridgehead atoms. The Morgan fingerprint density at radius 3 is 2.19 bits per heavy atom. The average Bonchev–Trinajstić information content (AvgIpc) is 3.05. The first-order chi connectivity index (χ1) is 7.84. The van der Waals surface area contributed by atoms with Crippen molar-refractivity contribution in [3.63, 3.8) is 0 Å². The molecule has 2 fully saturated rings. The second-order valence-electron chi connectivity index (χ2n) is 5.55. The molecule has 86 valence electrons. The van der Waals surface area contributed by atoms with E-state index in [1.807, 2.05) is 0 Å². The lowest BCUT2D eigenvalue weighted by Crippen LogP contribution is -2.29. The van der Waals surface area contributed by atoms with Crippen LogP contribution in [0.3, 0.4) is 0 Å². The molecule has 0 saturated heterocycles. The summed E-state index contributed by atoms with van der Waals surface area (Å²) in [7, 11) is 0. The van der Waals surface area contributed by atoms with E-state index in [2.05, 4.69) is 30.3 Å². The fourth-order valence-corrected chi connectivity index (χ4v) is 3.71. The van der Waals surface area contributed by atoms with Gasteiger partial charge < -0.3 is 5.73 Å². The molecule has 0 amide bonds. The predicted octanol–water partition coefficient (Wildman–Crippen LogP) is 3.24. The molecule has 0 aliphatic heterocycles. The normalized spacial score (nSPS) is 34.9. The molecule has 1 nitrogen and oxygen atoms in total. The lowest BCUT2D eigenvalue weighted by molar-refractivity contribution is 0.284. The van der Waals surface area contributed by atoms with Crippen molar-refractivity contribution >= 4 is 0 Å². The van der Waals surface area contributed by atoms with Gasteiger partial charge in [0.2, 0.25) is 0 Å². The topological polar surface area (TPSA) is 26.0 Å². The van der Waals surface area contributed by atoms with Crippen molar-refractivity contribution in [2.45, 2.75) is 50.0 Å². The highest BCUT2D eigenvalue weighted by Crippen LogP contribution is 2.56. The van der Waals surface area contributed by atoms with E-state index in [0.29, 0.717) is 11.5 Å². The van der Waals surface area contributed by atoms with E-state index in [4.69, 9.17) is 5.73 Å². The van der Waals surface area contributed by atoms with Crippen LogP contribution >= 0.6 is 0 Å². The maximum atomic E-state index is 6.26. The van der Waals surface area contributed by atoms with Crippen LogP contribution in [-0.4, -0.2) is 6.04 Å². The summed E-state index contributed by atoms with van der Waals surface area (Å²) in [4.78, 5) is 0. The van der Waals surface area contributed by atoms with Gasteiger partial charge in [-0.1, -0.05) is 49.6 Å². The first-order valence-electron chi connectivity index (χ1n) is 6.65. The Morgan fingerprint density at radius 1 is 1.00 bits per heavy atom. The number of hydrogen-bond donors (Lipinski definition) is 1. The summed E-state index contributed by atoms with van der Waals surface area (Å²) in [6.45, 7) is 0. The molecule has 3 rings (SSSR count). The Hall–Kier alpha value is -0.820. The second kappa shape index (κ2) is 3.89. The van der Waals surface area contributed by atoms with Gasteiger partial charge in [0.05, 0.1) is 0 Å². The lowest BCUT2D eigenvalue weighted by atomic mass is 9.74. The third-order valence-electron chi connectivity index (χ3n) is 4.70. The highest BCUT2D eigenvalue weighted by atomic mass is 14.8.